The van der Waals surface area contributed by atoms with E-state index in [9.17, 15) is 8.42 Å². The molecule has 2 rings (SSSR count). The van der Waals surface area contributed by atoms with E-state index in [0.29, 0.717) is 24.1 Å². The molecular formula is C20H31ClIN5O2S. The highest BCUT2D eigenvalue weighted by molar-refractivity contribution is 14.0. The number of rotatable bonds is 8. The average Bonchev–Trinajstić information content (AvgIpc) is 2.92. The fraction of sp³-hybridized carbons (Fsp3) is 0.450. The van der Waals surface area contributed by atoms with Crippen molar-refractivity contribution in [3.63, 3.8) is 0 Å². The number of sulfonamides is 1. The Hall–Kier alpha value is -1.30. The summed E-state index contributed by atoms with van der Waals surface area (Å²) in [6.45, 7) is 4.73. The molecule has 0 unspecified atom stereocenters. The monoisotopic (exact) mass is 567 g/mol. The smallest absolute Gasteiger partial charge is 0.216 e. The van der Waals surface area contributed by atoms with E-state index in [1.54, 1.807) is 7.05 Å². The third-order valence-corrected chi connectivity index (χ3v) is 6.09. The summed E-state index contributed by atoms with van der Waals surface area (Å²) in [6.07, 6.45) is 1.86. The molecule has 168 valence electrons. The number of aryl methyl sites for hydroxylation is 1. The molecule has 0 bridgehead atoms. The van der Waals surface area contributed by atoms with E-state index in [-0.39, 0.29) is 35.8 Å². The molecule has 2 aromatic rings. The maximum absolute atomic E-state index is 12.3. The largest absolute Gasteiger partial charge is 0.352 e. The van der Waals surface area contributed by atoms with E-state index >= 15 is 0 Å². The van der Waals surface area contributed by atoms with E-state index in [1.165, 1.54) is 0 Å². The van der Waals surface area contributed by atoms with Gasteiger partial charge in [-0.05, 0) is 31.0 Å². The number of nitrogens with zero attached hydrogens (tertiary/aromatic N) is 3. The summed E-state index contributed by atoms with van der Waals surface area (Å²) in [5.41, 5.74) is 2.74. The highest BCUT2D eigenvalue weighted by atomic mass is 127. The molecule has 0 radical (unpaired) electrons. The lowest BCUT2D eigenvalue weighted by atomic mass is 10.1. The van der Waals surface area contributed by atoms with Crippen molar-refractivity contribution in [2.75, 3.05) is 14.1 Å². The van der Waals surface area contributed by atoms with Crippen molar-refractivity contribution >= 4 is 51.6 Å². The van der Waals surface area contributed by atoms with Gasteiger partial charge in [0.25, 0.3) is 0 Å². The number of halogens is 2. The Bertz CT molecular complexity index is 960. The van der Waals surface area contributed by atoms with E-state index in [0.717, 1.165) is 16.8 Å². The van der Waals surface area contributed by atoms with Crippen LogP contribution in [-0.4, -0.2) is 44.0 Å². The predicted octanol–water partition coefficient (Wildman–Crippen LogP) is 3.33. The molecule has 7 nitrogen and oxygen atoms in total. The molecule has 0 fully saturated rings. The Kier molecular flexibility index (Phi) is 10.6. The van der Waals surface area contributed by atoms with E-state index in [4.69, 9.17) is 11.6 Å². The van der Waals surface area contributed by atoms with Crippen molar-refractivity contribution in [1.29, 1.82) is 0 Å². The van der Waals surface area contributed by atoms with Crippen molar-refractivity contribution in [2.24, 2.45) is 12.0 Å². The Labute approximate surface area is 202 Å². The number of hydrogen-bond acceptors (Lipinski definition) is 3. The lowest BCUT2D eigenvalue weighted by molar-refractivity contribution is 0.461. The quantitative estimate of drug-likeness (QED) is 0.291. The zero-order chi connectivity index (χ0) is 21.6. The molecule has 0 aliphatic heterocycles. The summed E-state index contributed by atoms with van der Waals surface area (Å²) in [5, 5.41) is 4.02. The molecule has 1 aromatic carbocycles. The maximum Gasteiger partial charge on any atom is 0.216 e. The number of benzene rings is 1. The van der Waals surface area contributed by atoms with Gasteiger partial charge in [-0.15, -0.1) is 24.0 Å². The highest BCUT2D eigenvalue weighted by Gasteiger charge is 2.16. The first-order valence-corrected chi connectivity index (χ1v) is 11.4. The molecule has 30 heavy (non-hydrogen) atoms. The molecule has 0 spiro atoms. The second kappa shape index (κ2) is 11.9. The van der Waals surface area contributed by atoms with Crippen LogP contribution < -0.4 is 10.0 Å². The van der Waals surface area contributed by atoms with Gasteiger partial charge in [0.1, 0.15) is 0 Å². The van der Waals surface area contributed by atoms with E-state index < -0.39 is 10.0 Å². The van der Waals surface area contributed by atoms with Crippen LogP contribution in [0.15, 0.2) is 41.5 Å². The molecule has 0 aliphatic carbocycles. The number of aromatic nitrogens is 1. The zero-order valence-corrected chi connectivity index (χ0v) is 21.9. The topological polar surface area (TPSA) is 78.7 Å². The second-order valence-electron chi connectivity index (χ2n) is 7.32. The number of nitrogens with one attached hydrogen (secondary N) is 2. The second-order valence-corrected chi connectivity index (χ2v) is 9.51. The number of aliphatic imine (C=N–C) groups is 1. The van der Waals surface area contributed by atoms with Crippen LogP contribution in [0, 0.1) is 0 Å². The summed E-state index contributed by atoms with van der Waals surface area (Å²) in [6, 6.07) is 9.31. The Morgan fingerprint density at radius 2 is 1.90 bits per heavy atom. The first-order valence-electron chi connectivity index (χ1n) is 9.40. The van der Waals surface area contributed by atoms with Crippen molar-refractivity contribution in [2.45, 2.75) is 38.7 Å². The maximum atomic E-state index is 12.3. The van der Waals surface area contributed by atoms with Crippen LogP contribution in [0.25, 0.3) is 0 Å². The summed E-state index contributed by atoms with van der Waals surface area (Å²) in [5.74, 6) is 0.652. The van der Waals surface area contributed by atoms with Gasteiger partial charge in [-0.2, -0.15) is 0 Å². The van der Waals surface area contributed by atoms with Gasteiger partial charge in [0.05, 0.1) is 17.3 Å². The molecule has 2 N–H and O–H groups in total. The van der Waals surface area contributed by atoms with Crippen LogP contribution in [0.2, 0.25) is 5.02 Å². The molecule has 0 atom stereocenters. The summed E-state index contributed by atoms with van der Waals surface area (Å²) >= 11 is 6.07. The van der Waals surface area contributed by atoms with Crippen molar-refractivity contribution in [1.82, 2.24) is 19.5 Å². The summed E-state index contributed by atoms with van der Waals surface area (Å²) < 4.78 is 29.3. The van der Waals surface area contributed by atoms with Gasteiger partial charge < -0.3 is 14.8 Å². The predicted molar refractivity (Wildman–Crippen MR) is 135 cm³/mol. The minimum atomic E-state index is -3.39. The van der Waals surface area contributed by atoms with E-state index in [1.807, 2.05) is 73.9 Å². The van der Waals surface area contributed by atoms with Crippen LogP contribution in [0.4, 0.5) is 0 Å². The number of guanidine groups is 1. The highest BCUT2D eigenvalue weighted by Crippen LogP contribution is 2.15. The Morgan fingerprint density at radius 3 is 2.43 bits per heavy atom. The van der Waals surface area contributed by atoms with Crippen LogP contribution >= 0.6 is 35.6 Å². The molecule has 0 amide bonds. The van der Waals surface area contributed by atoms with Crippen LogP contribution in [0.1, 0.15) is 30.7 Å². The number of hydrogen-bond donors (Lipinski definition) is 2. The van der Waals surface area contributed by atoms with Crippen molar-refractivity contribution in [3.05, 3.63) is 58.4 Å². The van der Waals surface area contributed by atoms with Crippen LogP contribution in [0.5, 0.6) is 0 Å². The average molecular weight is 568 g/mol. The lowest BCUT2D eigenvalue weighted by Gasteiger charge is -2.23. The minimum absolute atomic E-state index is 0. The lowest BCUT2D eigenvalue weighted by Crippen LogP contribution is -2.38. The van der Waals surface area contributed by atoms with Crippen molar-refractivity contribution < 1.29 is 8.42 Å². The van der Waals surface area contributed by atoms with Crippen LogP contribution in [-0.2, 0) is 35.9 Å². The molecule has 0 saturated heterocycles. The molecule has 1 aromatic heterocycles. The fourth-order valence-electron chi connectivity index (χ4n) is 3.08. The van der Waals surface area contributed by atoms with Gasteiger partial charge in [0.2, 0.25) is 10.0 Å². The fourth-order valence-corrected chi connectivity index (χ4v) is 4.84. The first kappa shape index (κ1) is 26.7. The first-order chi connectivity index (χ1) is 13.6. The summed E-state index contributed by atoms with van der Waals surface area (Å²) in [7, 11) is 2.22. The van der Waals surface area contributed by atoms with Gasteiger partial charge in [-0.1, -0.05) is 35.9 Å². The molecule has 10 heteroatoms. The standard InChI is InChI=1S/C20H30ClN5O2S.HI/c1-15(2)24-29(27,28)14-17-9-7-6-8-16(17)11-23-20(22-3)26(5)13-19-10-18(21)12-25(19)4;/h6-10,12,15,24H,11,13-14H2,1-5H3,(H,22,23);1H. The molecule has 1 heterocycles. The van der Waals surface area contributed by atoms with Gasteiger partial charge in [-0.3, -0.25) is 4.99 Å². The van der Waals surface area contributed by atoms with Gasteiger partial charge in [0.15, 0.2) is 5.96 Å². The summed E-state index contributed by atoms with van der Waals surface area (Å²) in [4.78, 5) is 6.33. The normalized spacial score (nSPS) is 12.0. The molecule has 0 saturated carbocycles. The molecule has 0 aliphatic rings. The van der Waals surface area contributed by atoms with Crippen molar-refractivity contribution in [3.8, 4) is 0 Å². The third-order valence-electron chi connectivity index (χ3n) is 4.36. The van der Waals surface area contributed by atoms with Gasteiger partial charge in [0, 0.05) is 45.6 Å². The van der Waals surface area contributed by atoms with Gasteiger partial charge >= 0.3 is 0 Å². The minimum Gasteiger partial charge on any atom is -0.352 e. The van der Waals surface area contributed by atoms with Gasteiger partial charge in [-0.25, -0.2) is 13.1 Å². The Morgan fingerprint density at radius 1 is 1.27 bits per heavy atom. The Balaban J connectivity index is 0.00000450. The molecular weight excluding hydrogens is 537 g/mol. The third kappa shape index (κ3) is 8.09. The van der Waals surface area contributed by atoms with Crippen LogP contribution in [0.3, 0.4) is 0 Å². The van der Waals surface area contributed by atoms with E-state index in [2.05, 4.69) is 15.0 Å². The zero-order valence-electron chi connectivity index (χ0n) is 18.0. The SMILES string of the molecule is CN=C(NCc1ccccc1CS(=O)(=O)NC(C)C)N(C)Cc1cc(Cl)cn1C.I.